The molecule has 1 aromatic carbocycles. The third-order valence-electron chi connectivity index (χ3n) is 3.27. The fraction of sp³-hybridized carbons (Fsp3) is 0.357. The molecule has 0 aliphatic heterocycles. The Morgan fingerprint density at radius 1 is 1.29 bits per heavy atom. The largest absolute Gasteiger partial charge is 0.493 e. The topological polar surface area (TPSA) is 87.2 Å². The molecule has 1 heterocycles. The van der Waals surface area contributed by atoms with Crippen molar-refractivity contribution in [1.82, 2.24) is 9.78 Å². The Morgan fingerprint density at radius 3 is 2.38 bits per heavy atom. The highest BCUT2D eigenvalue weighted by molar-refractivity contribution is 7.89. The summed E-state index contributed by atoms with van der Waals surface area (Å²) in [7, 11) is -1.83. The average Bonchev–Trinajstić information content (AvgIpc) is 2.72. The lowest BCUT2D eigenvalue weighted by Crippen LogP contribution is -2.15. The predicted octanol–water partition coefficient (Wildman–Crippen LogP) is 1.31. The minimum absolute atomic E-state index is 0.168. The van der Waals surface area contributed by atoms with E-state index in [0.717, 1.165) is 12.1 Å². The zero-order chi connectivity index (χ0) is 15.6. The van der Waals surface area contributed by atoms with Crippen molar-refractivity contribution in [2.24, 2.45) is 12.2 Å². The lowest BCUT2D eigenvalue weighted by molar-refractivity contribution is 0.317. The second-order valence-electron chi connectivity index (χ2n) is 4.98. The number of ether oxygens (including phenoxy) is 1. The summed E-state index contributed by atoms with van der Waals surface area (Å²) in [6.07, 6.45) is 2.47. The van der Waals surface area contributed by atoms with Gasteiger partial charge in [0.25, 0.3) is 0 Å². The quantitative estimate of drug-likeness (QED) is 0.902. The van der Waals surface area contributed by atoms with Crippen molar-refractivity contribution in [3.63, 3.8) is 0 Å². The number of nitrogens with zero attached hydrogens (tertiary/aromatic N) is 2. The van der Waals surface area contributed by atoms with E-state index in [1.807, 2.05) is 13.1 Å². The molecule has 0 unspecified atom stereocenters. The molecular formula is C14H19N3O3S. The highest BCUT2D eigenvalue weighted by Gasteiger charge is 2.16. The summed E-state index contributed by atoms with van der Waals surface area (Å²) in [6, 6.07) is 5.32. The molecule has 0 amide bonds. The highest BCUT2D eigenvalue weighted by Crippen LogP contribution is 2.24. The molecule has 0 spiro atoms. The van der Waals surface area contributed by atoms with Gasteiger partial charge in [-0.1, -0.05) is 0 Å². The van der Waals surface area contributed by atoms with Gasteiger partial charge in [-0.05, 0) is 43.2 Å². The monoisotopic (exact) mass is 309 g/mol. The number of sulfonamides is 1. The Labute approximate surface area is 124 Å². The number of rotatable bonds is 5. The van der Waals surface area contributed by atoms with Crippen LogP contribution in [0.4, 0.5) is 0 Å². The first kappa shape index (κ1) is 15.5. The highest BCUT2D eigenvalue weighted by atomic mass is 32.2. The summed E-state index contributed by atoms with van der Waals surface area (Å²) >= 11 is 0. The molecule has 0 aliphatic rings. The number of primary sulfonamides is 1. The first-order chi connectivity index (χ1) is 9.79. The second kappa shape index (κ2) is 5.87. The molecule has 2 N–H and O–H groups in total. The molecule has 2 rings (SSSR count). The molecule has 0 aliphatic carbocycles. The molecule has 0 atom stereocenters. The lowest BCUT2D eigenvalue weighted by atomic mass is 10.1. The molecule has 6 nitrogen and oxygen atoms in total. The number of aromatic nitrogens is 2. The summed E-state index contributed by atoms with van der Waals surface area (Å²) in [5.41, 5.74) is 2.26. The van der Waals surface area contributed by atoms with E-state index in [1.165, 1.54) is 0 Å². The maximum absolute atomic E-state index is 11.5. The molecule has 0 saturated carbocycles. The van der Waals surface area contributed by atoms with Crippen molar-refractivity contribution < 1.29 is 13.2 Å². The lowest BCUT2D eigenvalue weighted by Gasteiger charge is -2.12. The minimum Gasteiger partial charge on any atom is -0.493 e. The normalized spacial score (nSPS) is 11.6. The summed E-state index contributed by atoms with van der Waals surface area (Å²) in [5, 5.41) is 9.30. The fourth-order valence-corrected chi connectivity index (χ4v) is 3.38. The zero-order valence-electron chi connectivity index (χ0n) is 12.3. The van der Waals surface area contributed by atoms with Crippen molar-refractivity contribution in [3.05, 3.63) is 41.2 Å². The van der Waals surface area contributed by atoms with Gasteiger partial charge >= 0.3 is 0 Å². The van der Waals surface area contributed by atoms with E-state index in [-0.39, 0.29) is 4.90 Å². The van der Waals surface area contributed by atoms with Gasteiger partial charge in [0.2, 0.25) is 10.0 Å². The molecule has 0 radical (unpaired) electrons. The van der Waals surface area contributed by atoms with Crippen LogP contribution in [0.2, 0.25) is 0 Å². The maximum Gasteiger partial charge on any atom is 0.238 e. The summed E-state index contributed by atoms with van der Waals surface area (Å²) in [6.45, 7) is 3.91. The number of aryl methyl sites for hydroxylation is 3. The molecule has 2 aromatic rings. The first-order valence-electron chi connectivity index (χ1n) is 6.53. The molecule has 114 valence electrons. The smallest absolute Gasteiger partial charge is 0.238 e. The summed E-state index contributed by atoms with van der Waals surface area (Å²) < 4.78 is 30.5. The molecule has 0 saturated heterocycles. The van der Waals surface area contributed by atoms with Crippen molar-refractivity contribution in [1.29, 1.82) is 0 Å². The maximum atomic E-state index is 11.5. The number of nitrogens with two attached hydrogens (primary N) is 1. The van der Waals surface area contributed by atoms with Crippen molar-refractivity contribution in [3.8, 4) is 5.75 Å². The van der Waals surface area contributed by atoms with E-state index in [1.54, 1.807) is 36.9 Å². The van der Waals surface area contributed by atoms with Crippen molar-refractivity contribution >= 4 is 10.0 Å². The average molecular weight is 309 g/mol. The van der Waals surface area contributed by atoms with E-state index in [9.17, 15) is 8.42 Å². The molecule has 7 heteroatoms. The van der Waals surface area contributed by atoms with Gasteiger partial charge in [0.15, 0.2) is 0 Å². The van der Waals surface area contributed by atoms with Crippen LogP contribution in [0.15, 0.2) is 29.3 Å². The summed E-state index contributed by atoms with van der Waals surface area (Å²) in [5.74, 6) is 0.638. The SMILES string of the molecule is Cc1cc(OCCc2ccnn2C)cc(C)c1S(N)(=O)=O. The third kappa shape index (κ3) is 3.62. The Hall–Kier alpha value is -1.86. The van der Waals surface area contributed by atoms with Crippen LogP contribution in [0.5, 0.6) is 5.75 Å². The van der Waals surface area contributed by atoms with Crippen LogP contribution in [0.1, 0.15) is 16.8 Å². The molecule has 1 aromatic heterocycles. The minimum atomic E-state index is -3.71. The van der Waals surface area contributed by atoms with E-state index in [2.05, 4.69) is 5.10 Å². The van der Waals surface area contributed by atoms with Gasteiger partial charge in [-0.3, -0.25) is 4.68 Å². The Bertz CT molecular complexity index is 728. The van der Waals surface area contributed by atoms with E-state index >= 15 is 0 Å². The molecule has 0 bridgehead atoms. The van der Waals surface area contributed by atoms with E-state index < -0.39 is 10.0 Å². The van der Waals surface area contributed by atoms with Gasteiger partial charge in [-0.2, -0.15) is 5.10 Å². The number of hydrogen-bond acceptors (Lipinski definition) is 4. The number of hydrogen-bond donors (Lipinski definition) is 1. The Balaban J connectivity index is 2.10. The van der Waals surface area contributed by atoms with Crippen LogP contribution >= 0.6 is 0 Å². The van der Waals surface area contributed by atoms with Crippen LogP contribution in [-0.2, 0) is 23.5 Å². The Morgan fingerprint density at radius 2 is 1.90 bits per heavy atom. The van der Waals surface area contributed by atoms with E-state index in [0.29, 0.717) is 23.5 Å². The predicted molar refractivity (Wildman–Crippen MR) is 79.7 cm³/mol. The van der Waals surface area contributed by atoms with Gasteiger partial charge in [0, 0.05) is 25.4 Å². The first-order valence-corrected chi connectivity index (χ1v) is 8.07. The van der Waals surface area contributed by atoms with Crippen molar-refractivity contribution in [2.75, 3.05) is 6.61 Å². The van der Waals surface area contributed by atoms with Crippen LogP contribution in [-0.4, -0.2) is 24.8 Å². The second-order valence-corrected chi connectivity index (χ2v) is 6.47. The van der Waals surface area contributed by atoms with Crippen LogP contribution in [0.25, 0.3) is 0 Å². The fourth-order valence-electron chi connectivity index (χ4n) is 2.36. The van der Waals surface area contributed by atoms with Crippen LogP contribution in [0, 0.1) is 13.8 Å². The molecular weight excluding hydrogens is 290 g/mol. The number of benzene rings is 1. The standard InChI is InChI=1S/C14H19N3O3S/c1-10-8-13(9-11(2)14(10)21(15,18)19)20-7-5-12-4-6-16-17(12)3/h4,6,8-9H,5,7H2,1-3H3,(H2,15,18,19). The Kier molecular flexibility index (Phi) is 4.34. The molecule has 0 fully saturated rings. The zero-order valence-corrected chi connectivity index (χ0v) is 13.1. The van der Waals surface area contributed by atoms with Crippen molar-refractivity contribution in [2.45, 2.75) is 25.2 Å². The van der Waals surface area contributed by atoms with Gasteiger partial charge in [0.1, 0.15) is 5.75 Å². The van der Waals surface area contributed by atoms with Crippen LogP contribution in [0.3, 0.4) is 0 Å². The van der Waals surface area contributed by atoms with Gasteiger partial charge in [0.05, 0.1) is 11.5 Å². The van der Waals surface area contributed by atoms with Gasteiger partial charge in [-0.25, -0.2) is 13.6 Å². The summed E-state index contributed by atoms with van der Waals surface area (Å²) in [4.78, 5) is 0.168. The van der Waals surface area contributed by atoms with Crippen LogP contribution < -0.4 is 9.88 Å². The van der Waals surface area contributed by atoms with Gasteiger partial charge < -0.3 is 4.74 Å². The van der Waals surface area contributed by atoms with Gasteiger partial charge in [-0.15, -0.1) is 0 Å². The van der Waals surface area contributed by atoms with E-state index in [4.69, 9.17) is 9.88 Å². The third-order valence-corrected chi connectivity index (χ3v) is 4.48. The molecule has 21 heavy (non-hydrogen) atoms.